The second-order valence-corrected chi connectivity index (χ2v) is 3.95. The molecule has 0 aliphatic carbocycles. The summed E-state index contributed by atoms with van der Waals surface area (Å²) in [6, 6.07) is 2.05. The minimum absolute atomic E-state index is 0.379. The van der Waals surface area contributed by atoms with Gasteiger partial charge < -0.3 is 9.64 Å². The minimum atomic E-state index is 0.379. The van der Waals surface area contributed by atoms with Gasteiger partial charge in [-0.2, -0.15) is 5.26 Å². The van der Waals surface area contributed by atoms with E-state index in [-0.39, 0.29) is 0 Å². The zero-order chi connectivity index (χ0) is 11.4. The molecule has 16 heavy (non-hydrogen) atoms. The average molecular weight is 218 g/mol. The Balaban J connectivity index is 2.08. The summed E-state index contributed by atoms with van der Waals surface area (Å²) in [4.78, 5) is 10.2. The highest BCUT2D eigenvalue weighted by molar-refractivity contribution is 5.48. The van der Waals surface area contributed by atoms with Crippen molar-refractivity contribution in [1.29, 1.82) is 5.26 Å². The molecule has 0 unspecified atom stereocenters. The highest BCUT2D eigenvalue weighted by Gasteiger charge is 2.19. The first-order valence-electron chi connectivity index (χ1n) is 5.31. The summed E-state index contributed by atoms with van der Waals surface area (Å²) in [7, 11) is 1.93. The van der Waals surface area contributed by atoms with E-state index in [1.165, 1.54) is 6.20 Å². The largest absolute Gasteiger partial charge is 0.381 e. The Morgan fingerprint density at radius 1 is 1.56 bits per heavy atom. The van der Waals surface area contributed by atoms with Gasteiger partial charge in [0.25, 0.3) is 0 Å². The quantitative estimate of drug-likeness (QED) is 0.751. The van der Waals surface area contributed by atoms with Gasteiger partial charge in [-0.15, -0.1) is 0 Å². The summed E-state index contributed by atoms with van der Waals surface area (Å²) >= 11 is 0. The predicted octanol–water partition coefficient (Wildman–Crippen LogP) is 0.821. The minimum Gasteiger partial charge on any atom is -0.381 e. The van der Waals surface area contributed by atoms with E-state index in [2.05, 4.69) is 16.0 Å². The Bertz CT molecular complexity index is 395. The van der Waals surface area contributed by atoms with Gasteiger partial charge in [-0.25, -0.2) is 9.97 Å². The van der Waals surface area contributed by atoms with Crippen LogP contribution < -0.4 is 4.90 Å². The molecule has 1 aromatic rings. The maximum atomic E-state index is 8.92. The molecule has 0 aromatic carbocycles. The molecule has 84 valence electrons. The average Bonchev–Trinajstić information content (AvgIpc) is 2.81. The first kappa shape index (κ1) is 10.8. The molecule has 1 aromatic heterocycles. The molecular formula is C11H14N4O. The van der Waals surface area contributed by atoms with Crippen LogP contribution in [0.4, 0.5) is 5.82 Å². The van der Waals surface area contributed by atoms with Crippen LogP contribution in [0.2, 0.25) is 0 Å². The van der Waals surface area contributed by atoms with E-state index in [1.54, 1.807) is 6.20 Å². The van der Waals surface area contributed by atoms with E-state index < -0.39 is 0 Å². The maximum Gasteiger partial charge on any atom is 0.183 e. The second kappa shape index (κ2) is 4.90. The van der Waals surface area contributed by atoms with Gasteiger partial charge in [-0.05, 0) is 6.42 Å². The fourth-order valence-corrected chi connectivity index (χ4v) is 1.89. The van der Waals surface area contributed by atoms with Crippen LogP contribution in [-0.4, -0.2) is 36.8 Å². The van der Waals surface area contributed by atoms with Crippen molar-refractivity contribution in [3.8, 4) is 6.07 Å². The Hall–Kier alpha value is -1.67. The van der Waals surface area contributed by atoms with E-state index in [9.17, 15) is 0 Å². The molecule has 1 aliphatic heterocycles. The van der Waals surface area contributed by atoms with Crippen molar-refractivity contribution in [2.75, 3.05) is 31.7 Å². The lowest BCUT2D eigenvalue weighted by atomic mass is 10.1. The van der Waals surface area contributed by atoms with Crippen LogP contribution in [0.5, 0.6) is 0 Å². The molecule has 1 fully saturated rings. The molecule has 0 radical (unpaired) electrons. The van der Waals surface area contributed by atoms with Crippen LogP contribution in [0.15, 0.2) is 12.4 Å². The fraction of sp³-hybridized carbons (Fsp3) is 0.545. The van der Waals surface area contributed by atoms with Crippen molar-refractivity contribution in [2.24, 2.45) is 5.92 Å². The molecule has 0 saturated carbocycles. The molecule has 2 rings (SSSR count). The molecule has 1 saturated heterocycles. The van der Waals surface area contributed by atoms with Crippen molar-refractivity contribution < 1.29 is 4.74 Å². The van der Waals surface area contributed by atoms with Gasteiger partial charge in [0.15, 0.2) is 11.5 Å². The van der Waals surface area contributed by atoms with E-state index in [4.69, 9.17) is 10.00 Å². The number of hydrogen-bond donors (Lipinski definition) is 0. The second-order valence-electron chi connectivity index (χ2n) is 3.95. The molecule has 5 heteroatoms. The zero-order valence-corrected chi connectivity index (χ0v) is 9.26. The SMILES string of the molecule is CN(C[C@@H]1CCOC1)c1nccnc1C#N. The van der Waals surface area contributed by atoms with Gasteiger partial charge in [0.2, 0.25) is 0 Å². The molecule has 5 nitrogen and oxygen atoms in total. The van der Waals surface area contributed by atoms with Crippen LogP contribution in [0.3, 0.4) is 0 Å². The third-order valence-corrected chi connectivity index (χ3v) is 2.70. The highest BCUT2D eigenvalue weighted by atomic mass is 16.5. The number of nitrogens with zero attached hydrogens (tertiary/aromatic N) is 4. The van der Waals surface area contributed by atoms with Crippen molar-refractivity contribution in [3.05, 3.63) is 18.1 Å². The Labute approximate surface area is 94.7 Å². The molecule has 0 N–H and O–H groups in total. The summed E-state index contributed by atoms with van der Waals surface area (Å²) < 4.78 is 5.32. The number of anilines is 1. The van der Waals surface area contributed by atoms with Crippen LogP contribution in [0, 0.1) is 17.2 Å². The fourth-order valence-electron chi connectivity index (χ4n) is 1.89. The molecule has 0 amide bonds. The third kappa shape index (κ3) is 2.28. The van der Waals surface area contributed by atoms with Gasteiger partial charge >= 0.3 is 0 Å². The smallest absolute Gasteiger partial charge is 0.183 e. The van der Waals surface area contributed by atoms with E-state index in [0.717, 1.165) is 26.2 Å². The summed E-state index contributed by atoms with van der Waals surface area (Å²) in [6.45, 7) is 2.49. The highest BCUT2D eigenvalue weighted by Crippen LogP contribution is 2.18. The Kier molecular flexibility index (Phi) is 3.32. The Morgan fingerprint density at radius 2 is 2.38 bits per heavy atom. The lowest BCUT2D eigenvalue weighted by Crippen LogP contribution is -2.27. The predicted molar refractivity (Wildman–Crippen MR) is 58.9 cm³/mol. The standard InChI is InChI=1S/C11H14N4O/c1-15(7-9-2-5-16-8-9)11-10(6-12)13-3-4-14-11/h3-4,9H,2,5,7-8H2,1H3/t9-/m0/s1. The lowest BCUT2D eigenvalue weighted by molar-refractivity contribution is 0.186. The van der Waals surface area contributed by atoms with Crippen LogP contribution in [0.25, 0.3) is 0 Å². The number of ether oxygens (including phenoxy) is 1. The molecule has 0 bridgehead atoms. The molecule has 0 spiro atoms. The summed E-state index contributed by atoms with van der Waals surface area (Å²) in [5.74, 6) is 1.18. The molecule has 1 atom stereocenters. The molecule has 2 heterocycles. The van der Waals surface area contributed by atoms with Gasteiger partial charge in [0.05, 0.1) is 6.61 Å². The summed E-state index contributed by atoms with van der Waals surface area (Å²) in [6.07, 6.45) is 4.22. The van der Waals surface area contributed by atoms with Gasteiger partial charge in [-0.3, -0.25) is 0 Å². The topological polar surface area (TPSA) is 62.0 Å². The van der Waals surface area contributed by atoms with Gasteiger partial charge in [0.1, 0.15) is 6.07 Å². The van der Waals surface area contributed by atoms with Gasteiger partial charge in [0, 0.05) is 38.5 Å². The van der Waals surface area contributed by atoms with Crippen molar-refractivity contribution in [3.63, 3.8) is 0 Å². The number of aromatic nitrogens is 2. The first-order valence-corrected chi connectivity index (χ1v) is 5.31. The monoisotopic (exact) mass is 218 g/mol. The van der Waals surface area contributed by atoms with Crippen LogP contribution in [-0.2, 0) is 4.74 Å². The maximum absolute atomic E-state index is 8.92. The third-order valence-electron chi connectivity index (χ3n) is 2.70. The van der Waals surface area contributed by atoms with Crippen molar-refractivity contribution in [2.45, 2.75) is 6.42 Å². The van der Waals surface area contributed by atoms with E-state index >= 15 is 0 Å². The first-order chi connectivity index (χ1) is 7.81. The van der Waals surface area contributed by atoms with Gasteiger partial charge in [-0.1, -0.05) is 0 Å². The number of rotatable bonds is 3. The van der Waals surface area contributed by atoms with Crippen LogP contribution >= 0.6 is 0 Å². The van der Waals surface area contributed by atoms with E-state index in [1.807, 2.05) is 11.9 Å². The van der Waals surface area contributed by atoms with Crippen LogP contribution in [0.1, 0.15) is 12.1 Å². The summed E-state index contributed by atoms with van der Waals surface area (Å²) in [5.41, 5.74) is 0.379. The molecular weight excluding hydrogens is 204 g/mol. The molecule has 1 aliphatic rings. The zero-order valence-electron chi connectivity index (χ0n) is 9.26. The lowest BCUT2D eigenvalue weighted by Gasteiger charge is -2.21. The Morgan fingerprint density at radius 3 is 3.06 bits per heavy atom. The number of hydrogen-bond acceptors (Lipinski definition) is 5. The summed E-state index contributed by atoms with van der Waals surface area (Å²) in [5, 5.41) is 8.92. The number of nitriles is 1. The van der Waals surface area contributed by atoms with Crippen molar-refractivity contribution >= 4 is 5.82 Å². The van der Waals surface area contributed by atoms with E-state index in [0.29, 0.717) is 17.4 Å². The normalized spacial score (nSPS) is 19.4. The van der Waals surface area contributed by atoms with Crippen molar-refractivity contribution in [1.82, 2.24) is 9.97 Å².